The molecule has 6 nitrogen and oxygen atoms in total. The Morgan fingerprint density at radius 3 is 2.67 bits per heavy atom. The van der Waals surface area contributed by atoms with Gasteiger partial charge in [-0.1, -0.05) is 36.4 Å². The molecule has 0 aliphatic rings. The van der Waals surface area contributed by atoms with Crippen molar-refractivity contribution in [2.24, 2.45) is 4.99 Å². The third-order valence-electron chi connectivity index (χ3n) is 3.93. The average molecular weight is 363 g/mol. The van der Waals surface area contributed by atoms with Crippen molar-refractivity contribution in [3.05, 3.63) is 78.9 Å². The molecule has 0 atom stereocenters. The minimum Gasteiger partial charge on any atom is -0.492 e. The summed E-state index contributed by atoms with van der Waals surface area (Å²) in [4.78, 5) is 8.83. The first kappa shape index (κ1) is 18.5. The maximum atomic E-state index is 5.71. The zero-order valence-electron chi connectivity index (χ0n) is 15.5. The second-order valence-electron chi connectivity index (χ2n) is 5.88. The highest BCUT2D eigenvalue weighted by Gasteiger charge is 2.04. The van der Waals surface area contributed by atoms with Crippen molar-refractivity contribution >= 4 is 5.96 Å². The van der Waals surface area contributed by atoms with Gasteiger partial charge in [0.05, 0.1) is 25.1 Å². The van der Waals surface area contributed by atoms with E-state index in [1.54, 1.807) is 12.5 Å². The highest BCUT2D eigenvalue weighted by Crippen LogP contribution is 2.15. The molecule has 27 heavy (non-hydrogen) atoms. The molecule has 0 aliphatic heterocycles. The number of nitrogens with zero attached hydrogens (tertiary/aromatic N) is 3. The highest BCUT2D eigenvalue weighted by atomic mass is 16.5. The predicted octanol–water partition coefficient (Wildman–Crippen LogP) is 3.01. The Morgan fingerprint density at radius 2 is 1.89 bits per heavy atom. The van der Waals surface area contributed by atoms with E-state index < -0.39 is 0 Å². The lowest BCUT2D eigenvalue weighted by Gasteiger charge is -2.13. The number of guanidine groups is 1. The fraction of sp³-hybridized carbons (Fsp3) is 0.238. The minimum absolute atomic E-state index is 0.569. The lowest BCUT2D eigenvalue weighted by atomic mass is 10.2. The van der Waals surface area contributed by atoms with Gasteiger partial charge < -0.3 is 19.9 Å². The molecular weight excluding hydrogens is 338 g/mol. The molecule has 0 saturated heterocycles. The molecule has 0 saturated carbocycles. The van der Waals surface area contributed by atoms with E-state index in [1.807, 2.05) is 53.2 Å². The third kappa shape index (κ3) is 5.60. The first-order chi connectivity index (χ1) is 13.4. The molecule has 0 amide bonds. The number of hydrogen-bond donors (Lipinski definition) is 2. The summed E-state index contributed by atoms with van der Waals surface area (Å²) in [7, 11) is 0. The van der Waals surface area contributed by atoms with Gasteiger partial charge in [-0.15, -0.1) is 0 Å². The number of imidazole rings is 1. The lowest BCUT2D eigenvalue weighted by Crippen LogP contribution is -2.39. The summed E-state index contributed by atoms with van der Waals surface area (Å²) in [5.74, 6) is 1.64. The van der Waals surface area contributed by atoms with Gasteiger partial charge in [0.1, 0.15) is 12.4 Å². The van der Waals surface area contributed by atoms with Crippen LogP contribution in [-0.2, 0) is 6.54 Å². The average Bonchev–Trinajstić information content (AvgIpc) is 3.25. The largest absolute Gasteiger partial charge is 0.492 e. The standard InChI is InChI=1S/C21H25N5O/c1-2-23-21(24-13-15-27-19-9-4-3-5-10-19)25-16-18-8-6-7-11-20(18)26-14-12-22-17-26/h3-12,14,17H,2,13,15-16H2,1H3,(H2,23,24,25). The summed E-state index contributed by atoms with van der Waals surface area (Å²) in [5, 5.41) is 6.58. The van der Waals surface area contributed by atoms with Crippen LogP contribution in [0.25, 0.3) is 5.69 Å². The van der Waals surface area contributed by atoms with Crippen LogP contribution >= 0.6 is 0 Å². The zero-order chi connectivity index (χ0) is 18.7. The van der Waals surface area contributed by atoms with Gasteiger partial charge in [0.2, 0.25) is 0 Å². The van der Waals surface area contributed by atoms with Crippen LogP contribution < -0.4 is 15.4 Å². The third-order valence-corrected chi connectivity index (χ3v) is 3.93. The molecule has 140 valence electrons. The summed E-state index contributed by atoms with van der Waals surface area (Å²) in [5.41, 5.74) is 2.22. The molecule has 0 radical (unpaired) electrons. The molecular formula is C21H25N5O. The summed E-state index contributed by atoms with van der Waals surface area (Å²) in [6.07, 6.45) is 5.51. The Morgan fingerprint density at radius 1 is 1.07 bits per heavy atom. The van der Waals surface area contributed by atoms with Crippen LogP contribution in [0.4, 0.5) is 0 Å². The SMILES string of the molecule is CCNC(=NCc1ccccc1-n1ccnc1)NCCOc1ccccc1. The summed E-state index contributed by atoms with van der Waals surface area (Å²) in [6, 6.07) is 18.0. The van der Waals surface area contributed by atoms with Crippen molar-refractivity contribution in [1.29, 1.82) is 0 Å². The van der Waals surface area contributed by atoms with E-state index in [-0.39, 0.29) is 0 Å². The number of hydrogen-bond acceptors (Lipinski definition) is 3. The topological polar surface area (TPSA) is 63.5 Å². The molecule has 0 fully saturated rings. The molecule has 3 aromatic rings. The van der Waals surface area contributed by atoms with Gasteiger partial charge in [-0.2, -0.15) is 0 Å². The minimum atomic E-state index is 0.569. The first-order valence-electron chi connectivity index (χ1n) is 9.13. The Kier molecular flexibility index (Phi) is 6.86. The Labute approximate surface area is 159 Å². The van der Waals surface area contributed by atoms with Crippen LogP contribution in [0.15, 0.2) is 78.3 Å². The van der Waals surface area contributed by atoms with Gasteiger partial charge >= 0.3 is 0 Å². The van der Waals surface area contributed by atoms with E-state index in [4.69, 9.17) is 9.73 Å². The van der Waals surface area contributed by atoms with Crippen molar-refractivity contribution < 1.29 is 4.74 Å². The molecule has 2 aromatic carbocycles. The molecule has 0 aliphatic carbocycles. The summed E-state index contributed by atoms with van der Waals surface area (Å²) < 4.78 is 7.71. The number of ether oxygens (including phenoxy) is 1. The summed E-state index contributed by atoms with van der Waals surface area (Å²) >= 11 is 0. The number of aromatic nitrogens is 2. The fourth-order valence-corrected chi connectivity index (χ4v) is 2.66. The van der Waals surface area contributed by atoms with Gasteiger partial charge in [0.15, 0.2) is 5.96 Å². The van der Waals surface area contributed by atoms with Crippen LogP contribution in [-0.4, -0.2) is 35.2 Å². The van der Waals surface area contributed by atoms with Gasteiger partial charge in [-0.05, 0) is 30.7 Å². The Hall–Kier alpha value is -3.28. The number of para-hydroxylation sites is 2. The monoisotopic (exact) mass is 363 g/mol. The smallest absolute Gasteiger partial charge is 0.191 e. The Bertz CT molecular complexity index is 831. The van der Waals surface area contributed by atoms with E-state index in [2.05, 4.69) is 34.7 Å². The maximum absolute atomic E-state index is 5.71. The highest BCUT2D eigenvalue weighted by molar-refractivity contribution is 5.79. The normalized spacial score (nSPS) is 11.2. The number of nitrogens with one attached hydrogen (secondary N) is 2. The maximum Gasteiger partial charge on any atom is 0.191 e. The molecule has 1 heterocycles. The first-order valence-corrected chi connectivity index (χ1v) is 9.13. The molecule has 6 heteroatoms. The predicted molar refractivity (Wildman–Crippen MR) is 108 cm³/mol. The van der Waals surface area contributed by atoms with Gasteiger partial charge in [0.25, 0.3) is 0 Å². The van der Waals surface area contributed by atoms with Crippen LogP contribution in [0, 0.1) is 0 Å². The van der Waals surface area contributed by atoms with Crippen LogP contribution in [0.3, 0.4) is 0 Å². The molecule has 2 N–H and O–H groups in total. The van der Waals surface area contributed by atoms with E-state index in [0.717, 1.165) is 29.5 Å². The van der Waals surface area contributed by atoms with E-state index in [9.17, 15) is 0 Å². The molecule has 1 aromatic heterocycles. The van der Waals surface area contributed by atoms with Crippen molar-refractivity contribution in [3.63, 3.8) is 0 Å². The van der Waals surface area contributed by atoms with Crippen molar-refractivity contribution in [3.8, 4) is 11.4 Å². The number of benzene rings is 2. The quantitative estimate of drug-likeness (QED) is 0.367. The second kappa shape index (κ2) is 10.0. The van der Waals surface area contributed by atoms with Crippen LogP contribution in [0.2, 0.25) is 0 Å². The van der Waals surface area contributed by atoms with Crippen molar-refractivity contribution in [1.82, 2.24) is 20.2 Å². The number of rotatable bonds is 8. The van der Waals surface area contributed by atoms with Gasteiger partial charge in [-0.3, -0.25) is 0 Å². The van der Waals surface area contributed by atoms with E-state index in [1.165, 1.54) is 0 Å². The van der Waals surface area contributed by atoms with Crippen molar-refractivity contribution in [2.75, 3.05) is 19.7 Å². The fourth-order valence-electron chi connectivity index (χ4n) is 2.66. The van der Waals surface area contributed by atoms with Crippen LogP contribution in [0.1, 0.15) is 12.5 Å². The lowest BCUT2D eigenvalue weighted by molar-refractivity contribution is 0.322. The molecule has 3 rings (SSSR count). The Balaban J connectivity index is 1.58. The van der Waals surface area contributed by atoms with Crippen LogP contribution in [0.5, 0.6) is 5.75 Å². The molecule has 0 unspecified atom stereocenters. The van der Waals surface area contributed by atoms with E-state index >= 15 is 0 Å². The van der Waals surface area contributed by atoms with Crippen molar-refractivity contribution in [2.45, 2.75) is 13.5 Å². The van der Waals surface area contributed by atoms with E-state index in [0.29, 0.717) is 19.7 Å². The summed E-state index contributed by atoms with van der Waals surface area (Å²) in [6.45, 7) is 4.67. The van der Waals surface area contributed by atoms with Gasteiger partial charge in [-0.25, -0.2) is 9.98 Å². The van der Waals surface area contributed by atoms with Gasteiger partial charge in [0, 0.05) is 18.9 Å². The molecule has 0 spiro atoms. The zero-order valence-corrected chi connectivity index (χ0v) is 15.5. The second-order valence-corrected chi connectivity index (χ2v) is 5.88. The number of aliphatic imine (C=N–C) groups is 1. The molecule has 0 bridgehead atoms.